The first-order valence-corrected chi connectivity index (χ1v) is 6.54. The van der Waals surface area contributed by atoms with Crippen molar-refractivity contribution in [3.05, 3.63) is 33.1 Å². The molecule has 8 heteroatoms. The Morgan fingerprint density at radius 3 is 3.05 bits per heavy atom. The van der Waals surface area contributed by atoms with Gasteiger partial charge in [-0.05, 0) is 13.0 Å². The van der Waals surface area contributed by atoms with E-state index in [4.69, 9.17) is 15.2 Å². The molecular weight excluding hydrogens is 266 g/mol. The van der Waals surface area contributed by atoms with Gasteiger partial charge < -0.3 is 20.3 Å². The van der Waals surface area contributed by atoms with E-state index in [2.05, 4.69) is 4.98 Å². The van der Waals surface area contributed by atoms with E-state index in [0.717, 1.165) is 6.42 Å². The van der Waals surface area contributed by atoms with Crippen molar-refractivity contribution >= 4 is 0 Å². The Hall–Kier alpha value is -1.48. The number of nitrogens with two attached hydrogens (primary N) is 1. The summed E-state index contributed by atoms with van der Waals surface area (Å²) in [5.41, 5.74) is 4.33. The monoisotopic (exact) mass is 285 g/mol. The molecule has 1 aromatic heterocycles. The van der Waals surface area contributed by atoms with Gasteiger partial charge in [-0.3, -0.25) is 14.3 Å². The molecule has 0 aromatic carbocycles. The second kappa shape index (κ2) is 6.80. The number of ether oxygens (including phenoxy) is 2. The zero-order valence-corrected chi connectivity index (χ0v) is 11.0. The van der Waals surface area contributed by atoms with Gasteiger partial charge in [-0.1, -0.05) is 0 Å². The fourth-order valence-electron chi connectivity index (χ4n) is 2.07. The van der Waals surface area contributed by atoms with Gasteiger partial charge in [0.2, 0.25) is 0 Å². The fourth-order valence-corrected chi connectivity index (χ4v) is 2.07. The van der Waals surface area contributed by atoms with Crippen LogP contribution in [0.5, 0.6) is 0 Å². The third-order valence-electron chi connectivity index (χ3n) is 3.14. The number of aliphatic hydroxyl groups excluding tert-OH is 1. The molecule has 112 valence electrons. The van der Waals surface area contributed by atoms with E-state index in [0.29, 0.717) is 13.2 Å². The lowest BCUT2D eigenvalue weighted by molar-refractivity contribution is -0.0634. The van der Waals surface area contributed by atoms with E-state index >= 15 is 0 Å². The SMILES string of the molecule is NCCCOC[C@H]1O[C@@H](n2ccc(=O)[nH]c2=O)C[C@@H]1O. The van der Waals surface area contributed by atoms with Crippen LogP contribution in [0.1, 0.15) is 19.1 Å². The van der Waals surface area contributed by atoms with Crippen molar-refractivity contribution in [1.82, 2.24) is 9.55 Å². The molecule has 0 aliphatic carbocycles. The summed E-state index contributed by atoms with van der Waals surface area (Å²) >= 11 is 0. The zero-order valence-electron chi connectivity index (χ0n) is 11.0. The molecule has 0 bridgehead atoms. The number of rotatable bonds is 6. The van der Waals surface area contributed by atoms with Gasteiger partial charge in [0.1, 0.15) is 12.3 Å². The zero-order chi connectivity index (χ0) is 14.5. The number of H-pyrrole nitrogens is 1. The van der Waals surface area contributed by atoms with E-state index < -0.39 is 29.7 Å². The van der Waals surface area contributed by atoms with Crippen LogP contribution in [0.3, 0.4) is 0 Å². The van der Waals surface area contributed by atoms with E-state index in [-0.39, 0.29) is 13.0 Å². The molecule has 3 atom stereocenters. The van der Waals surface area contributed by atoms with Crippen LogP contribution in [0.15, 0.2) is 21.9 Å². The number of hydrogen-bond acceptors (Lipinski definition) is 6. The van der Waals surface area contributed by atoms with Crippen molar-refractivity contribution < 1.29 is 14.6 Å². The third-order valence-corrected chi connectivity index (χ3v) is 3.14. The summed E-state index contributed by atoms with van der Waals surface area (Å²) in [6.45, 7) is 1.30. The van der Waals surface area contributed by atoms with E-state index in [1.807, 2.05) is 0 Å². The summed E-state index contributed by atoms with van der Waals surface area (Å²) in [5.74, 6) is 0. The lowest BCUT2D eigenvalue weighted by atomic mass is 10.2. The third kappa shape index (κ3) is 3.54. The molecule has 1 saturated heterocycles. The molecule has 0 unspecified atom stereocenters. The Kier molecular flexibility index (Phi) is 5.07. The number of nitrogens with zero attached hydrogens (tertiary/aromatic N) is 1. The van der Waals surface area contributed by atoms with Gasteiger partial charge in [-0.2, -0.15) is 0 Å². The van der Waals surface area contributed by atoms with Crippen molar-refractivity contribution in [1.29, 1.82) is 0 Å². The Labute approximate surface area is 115 Å². The summed E-state index contributed by atoms with van der Waals surface area (Å²) in [4.78, 5) is 24.8. The molecule has 20 heavy (non-hydrogen) atoms. The van der Waals surface area contributed by atoms with Crippen LogP contribution in [-0.2, 0) is 9.47 Å². The minimum atomic E-state index is -0.711. The largest absolute Gasteiger partial charge is 0.390 e. The highest BCUT2D eigenvalue weighted by Gasteiger charge is 2.35. The number of nitrogens with one attached hydrogen (secondary N) is 1. The van der Waals surface area contributed by atoms with Gasteiger partial charge in [0.15, 0.2) is 0 Å². The van der Waals surface area contributed by atoms with Crippen molar-refractivity contribution in [2.45, 2.75) is 31.3 Å². The summed E-state index contributed by atoms with van der Waals surface area (Å²) in [5, 5.41) is 9.91. The van der Waals surface area contributed by atoms with Crippen LogP contribution in [0, 0.1) is 0 Å². The van der Waals surface area contributed by atoms with Crippen LogP contribution in [0.4, 0.5) is 0 Å². The minimum Gasteiger partial charge on any atom is -0.390 e. The predicted octanol–water partition coefficient (Wildman–Crippen LogP) is -1.45. The molecule has 2 rings (SSSR count). The molecule has 0 saturated carbocycles. The highest BCUT2D eigenvalue weighted by molar-refractivity contribution is 4.88. The summed E-state index contributed by atoms with van der Waals surface area (Å²) < 4.78 is 12.2. The van der Waals surface area contributed by atoms with Gasteiger partial charge in [-0.15, -0.1) is 0 Å². The van der Waals surface area contributed by atoms with Crippen LogP contribution >= 0.6 is 0 Å². The maximum Gasteiger partial charge on any atom is 0.330 e. The van der Waals surface area contributed by atoms with Crippen molar-refractivity contribution in [3.63, 3.8) is 0 Å². The smallest absolute Gasteiger partial charge is 0.330 e. The van der Waals surface area contributed by atoms with E-state index in [1.165, 1.54) is 16.8 Å². The van der Waals surface area contributed by atoms with Gasteiger partial charge in [0, 0.05) is 25.3 Å². The minimum absolute atomic E-state index is 0.246. The molecule has 8 nitrogen and oxygen atoms in total. The maximum atomic E-state index is 11.6. The Balaban J connectivity index is 1.96. The molecule has 4 N–H and O–H groups in total. The quantitative estimate of drug-likeness (QED) is 0.550. The van der Waals surface area contributed by atoms with Crippen molar-refractivity contribution in [2.24, 2.45) is 5.73 Å². The summed E-state index contributed by atoms with van der Waals surface area (Å²) in [6, 6.07) is 1.24. The fraction of sp³-hybridized carbons (Fsp3) is 0.667. The molecule has 1 aromatic rings. The lowest BCUT2D eigenvalue weighted by Gasteiger charge is -2.16. The number of aliphatic hydroxyl groups is 1. The number of aromatic amines is 1. The van der Waals surface area contributed by atoms with Gasteiger partial charge in [-0.25, -0.2) is 4.79 Å². The first-order chi connectivity index (χ1) is 9.61. The topological polar surface area (TPSA) is 120 Å². The van der Waals surface area contributed by atoms with Gasteiger partial charge >= 0.3 is 5.69 Å². The van der Waals surface area contributed by atoms with Crippen LogP contribution in [0.25, 0.3) is 0 Å². The average Bonchev–Trinajstić information content (AvgIpc) is 2.76. The molecule has 1 fully saturated rings. The summed E-state index contributed by atoms with van der Waals surface area (Å²) in [7, 11) is 0. The first-order valence-electron chi connectivity index (χ1n) is 6.54. The molecular formula is C12H19N3O5. The number of aromatic nitrogens is 2. The van der Waals surface area contributed by atoms with Gasteiger partial charge in [0.05, 0.1) is 12.7 Å². The Morgan fingerprint density at radius 1 is 1.55 bits per heavy atom. The first kappa shape index (κ1) is 14.9. The second-order valence-corrected chi connectivity index (χ2v) is 4.67. The van der Waals surface area contributed by atoms with Crippen molar-refractivity contribution in [3.8, 4) is 0 Å². The molecule has 0 spiro atoms. The summed E-state index contributed by atoms with van der Waals surface area (Å²) in [6.07, 6.45) is 0.573. The van der Waals surface area contributed by atoms with Crippen LogP contribution in [0.2, 0.25) is 0 Å². The van der Waals surface area contributed by atoms with Crippen LogP contribution in [-0.4, -0.2) is 46.6 Å². The number of hydrogen-bond donors (Lipinski definition) is 3. The molecule has 0 radical (unpaired) electrons. The molecule has 1 aliphatic heterocycles. The maximum absolute atomic E-state index is 11.6. The second-order valence-electron chi connectivity index (χ2n) is 4.67. The van der Waals surface area contributed by atoms with E-state index in [9.17, 15) is 14.7 Å². The van der Waals surface area contributed by atoms with Gasteiger partial charge in [0.25, 0.3) is 5.56 Å². The van der Waals surface area contributed by atoms with Crippen molar-refractivity contribution in [2.75, 3.05) is 19.8 Å². The molecule has 1 aliphatic rings. The normalized spacial score (nSPS) is 26.0. The Morgan fingerprint density at radius 2 is 2.35 bits per heavy atom. The molecule has 0 amide bonds. The average molecular weight is 285 g/mol. The highest BCUT2D eigenvalue weighted by atomic mass is 16.6. The van der Waals surface area contributed by atoms with E-state index in [1.54, 1.807) is 0 Å². The standard InChI is InChI=1S/C12H19N3O5/c13-3-1-5-19-7-9-8(16)6-11(20-9)15-4-2-10(17)14-12(15)18/h2,4,8-9,11,16H,1,3,5-7,13H2,(H,14,17,18)/t8-,9+,11+/m0/s1. The lowest BCUT2D eigenvalue weighted by Crippen LogP contribution is -2.31. The predicted molar refractivity (Wildman–Crippen MR) is 70.3 cm³/mol. The van der Waals surface area contributed by atoms with Crippen LogP contribution < -0.4 is 17.0 Å². The Bertz CT molecular complexity index is 540. The molecule has 2 heterocycles. The highest BCUT2D eigenvalue weighted by Crippen LogP contribution is 2.27.